The van der Waals surface area contributed by atoms with Gasteiger partial charge in [-0.15, -0.1) is 0 Å². The van der Waals surface area contributed by atoms with Gasteiger partial charge in [0.15, 0.2) is 0 Å². The van der Waals surface area contributed by atoms with Crippen LogP contribution in [0.4, 0.5) is 0 Å². The Balaban J connectivity index is 1.99. The van der Waals surface area contributed by atoms with E-state index in [0.29, 0.717) is 5.57 Å². The van der Waals surface area contributed by atoms with Crippen LogP contribution >= 0.6 is 0 Å². The first kappa shape index (κ1) is 14.1. The minimum absolute atomic E-state index is 0.334. The van der Waals surface area contributed by atoms with Crippen molar-refractivity contribution in [2.75, 3.05) is 0 Å². The van der Waals surface area contributed by atoms with Crippen LogP contribution in [0.3, 0.4) is 0 Å². The number of nitrogens with zero attached hydrogens (tertiary/aromatic N) is 1. The SMILES string of the molecule is CC(=Cc1ccc2ccn(Cc3ccccc3)c2c1)C(=O)O. The van der Waals surface area contributed by atoms with Gasteiger partial charge in [0.05, 0.1) is 0 Å². The molecule has 0 aliphatic rings. The molecule has 0 spiro atoms. The standard InChI is InChI=1S/C19H17NO2/c1-14(19(21)22)11-16-7-8-17-9-10-20(18(17)12-16)13-15-5-3-2-4-6-15/h2-12H,13H2,1H3,(H,21,22). The van der Waals surface area contributed by atoms with Crippen LogP contribution in [0.1, 0.15) is 18.1 Å². The predicted molar refractivity (Wildman–Crippen MR) is 88.8 cm³/mol. The number of carbonyl (C=O) groups is 1. The topological polar surface area (TPSA) is 42.2 Å². The van der Waals surface area contributed by atoms with Crippen LogP contribution in [-0.4, -0.2) is 15.6 Å². The second kappa shape index (κ2) is 5.90. The molecule has 0 radical (unpaired) electrons. The fourth-order valence-electron chi connectivity index (χ4n) is 2.52. The van der Waals surface area contributed by atoms with E-state index in [4.69, 9.17) is 5.11 Å². The van der Waals surface area contributed by atoms with Crippen LogP contribution in [0.15, 0.2) is 66.4 Å². The highest BCUT2D eigenvalue weighted by Gasteiger charge is 2.04. The van der Waals surface area contributed by atoms with Gasteiger partial charge in [-0.2, -0.15) is 0 Å². The molecule has 3 nitrogen and oxygen atoms in total. The summed E-state index contributed by atoms with van der Waals surface area (Å²) < 4.78 is 2.18. The lowest BCUT2D eigenvalue weighted by Crippen LogP contribution is -1.98. The van der Waals surface area contributed by atoms with Crippen LogP contribution in [0.25, 0.3) is 17.0 Å². The molecule has 0 fully saturated rings. The van der Waals surface area contributed by atoms with Gasteiger partial charge in [-0.25, -0.2) is 4.79 Å². The molecular weight excluding hydrogens is 274 g/mol. The second-order valence-corrected chi connectivity index (χ2v) is 5.38. The number of carboxylic acid groups (broad SMARTS) is 1. The average Bonchev–Trinajstić information content (AvgIpc) is 2.91. The minimum atomic E-state index is -0.889. The summed E-state index contributed by atoms with van der Waals surface area (Å²) in [7, 11) is 0. The summed E-state index contributed by atoms with van der Waals surface area (Å²) in [6.45, 7) is 2.41. The quantitative estimate of drug-likeness (QED) is 0.733. The summed E-state index contributed by atoms with van der Waals surface area (Å²) in [5.41, 5.74) is 3.58. The van der Waals surface area contributed by atoms with Crippen LogP contribution in [-0.2, 0) is 11.3 Å². The zero-order valence-electron chi connectivity index (χ0n) is 12.4. The molecule has 0 aliphatic carbocycles. The highest BCUT2D eigenvalue weighted by atomic mass is 16.4. The number of aliphatic carboxylic acids is 1. The first-order valence-electron chi connectivity index (χ1n) is 7.18. The number of hydrogen-bond donors (Lipinski definition) is 1. The molecule has 0 atom stereocenters. The number of carboxylic acids is 1. The van der Waals surface area contributed by atoms with Crippen molar-refractivity contribution in [1.82, 2.24) is 4.57 Å². The van der Waals surface area contributed by atoms with Crippen molar-refractivity contribution in [3.05, 3.63) is 77.5 Å². The number of rotatable bonds is 4. The third-order valence-corrected chi connectivity index (χ3v) is 3.71. The van der Waals surface area contributed by atoms with Crippen LogP contribution in [0, 0.1) is 0 Å². The normalized spacial score (nSPS) is 11.8. The Bertz CT molecular complexity index is 844. The minimum Gasteiger partial charge on any atom is -0.478 e. The molecule has 0 saturated heterocycles. The molecular formula is C19H17NO2. The summed E-state index contributed by atoms with van der Waals surface area (Å²) in [6, 6.07) is 18.4. The van der Waals surface area contributed by atoms with Crippen LogP contribution in [0.5, 0.6) is 0 Å². The van der Waals surface area contributed by atoms with E-state index in [1.54, 1.807) is 13.0 Å². The van der Waals surface area contributed by atoms with Gasteiger partial charge in [-0.05, 0) is 41.6 Å². The number of fused-ring (bicyclic) bond motifs is 1. The molecule has 110 valence electrons. The van der Waals surface area contributed by atoms with Gasteiger partial charge >= 0.3 is 5.97 Å². The highest BCUT2D eigenvalue weighted by molar-refractivity contribution is 5.92. The van der Waals surface area contributed by atoms with Crippen LogP contribution < -0.4 is 0 Å². The Morgan fingerprint density at radius 3 is 2.64 bits per heavy atom. The maximum absolute atomic E-state index is 11.0. The van der Waals surface area contributed by atoms with Gasteiger partial charge in [0.25, 0.3) is 0 Å². The molecule has 0 aliphatic heterocycles. The third-order valence-electron chi connectivity index (χ3n) is 3.71. The molecule has 0 bridgehead atoms. The fourth-order valence-corrected chi connectivity index (χ4v) is 2.52. The summed E-state index contributed by atoms with van der Waals surface area (Å²) in [5.74, 6) is -0.889. The summed E-state index contributed by atoms with van der Waals surface area (Å²) >= 11 is 0. The molecule has 22 heavy (non-hydrogen) atoms. The van der Waals surface area contributed by atoms with Crippen molar-refractivity contribution < 1.29 is 9.90 Å². The van der Waals surface area contributed by atoms with E-state index in [-0.39, 0.29) is 0 Å². The second-order valence-electron chi connectivity index (χ2n) is 5.38. The average molecular weight is 291 g/mol. The largest absolute Gasteiger partial charge is 0.478 e. The summed E-state index contributed by atoms with van der Waals surface area (Å²) in [4.78, 5) is 11.0. The van der Waals surface area contributed by atoms with E-state index in [1.165, 1.54) is 5.56 Å². The number of aromatic nitrogens is 1. The van der Waals surface area contributed by atoms with Gasteiger partial charge < -0.3 is 9.67 Å². The van der Waals surface area contributed by atoms with Crippen molar-refractivity contribution in [1.29, 1.82) is 0 Å². The van der Waals surface area contributed by atoms with E-state index >= 15 is 0 Å². The Kier molecular flexibility index (Phi) is 3.79. The molecule has 1 heterocycles. The van der Waals surface area contributed by atoms with Gasteiger partial charge in [0, 0.05) is 23.8 Å². The zero-order valence-corrected chi connectivity index (χ0v) is 12.4. The van der Waals surface area contributed by atoms with E-state index in [0.717, 1.165) is 23.0 Å². The summed E-state index contributed by atoms with van der Waals surface area (Å²) in [5, 5.41) is 10.1. The van der Waals surface area contributed by atoms with E-state index in [2.05, 4.69) is 29.0 Å². The first-order valence-corrected chi connectivity index (χ1v) is 7.18. The van der Waals surface area contributed by atoms with Crippen molar-refractivity contribution >= 4 is 22.9 Å². The Morgan fingerprint density at radius 1 is 1.14 bits per heavy atom. The lowest BCUT2D eigenvalue weighted by molar-refractivity contribution is -0.132. The summed E-state index contributed by atoms with van der Waals surface area (Å²) in [6.07, 6.45) is 3.76. The van der Waals surface area contributed by atoms with Crippen molar-refractivity contribution in [2.45, 2.75) is 13.5 Å². The molecule has 3 rings (SSSR count). The van der Waals surface area contributed by atoms with Gasteiger partial charge in [0.1, 0.15) is 0 Å². The third kappa shape index (κ3) is 2.93. The van der Waals surface area contributed by atoms with Crippen molar-refractivity contribution in [3.63, 3.8) is 0 Å². The first-order chi connectivity index (χ1) is 10.6. The molecule has 0 amide bonds. The van der Waals surface area contributed by atoms with E-state index in [1.807, 2.05) is 36.4 Å². The van der Waals surface area contributed by atoms with E-state index < -0.39 is 5.97 Å². The Labute approximate surface area is 129 Å². The smallest absolute Gasteiger partial charge is 0.331 e. The predicted octanol–water partition coefficient (Wildman–Crippen LogP) is 4.18. The Morgan fingerprint density at radius 2 is 1.91 bits per heavy atom. The van der Waals surface area contributed by atoms with Gasteiger partial charge in [-0.3, -0.25) is 0 Å². The molecule has 3 aromatic rings. The maximum Gasteiger partial charge on any atom is 0.331 e. The zero-order chi connectivity index (χ0) is 15.5. The van der Waals surface area contributed by atoms with E-state index in [9.17, 15) is 4.79 Å². The van der Waals surface area contributed by atoms with Crippen molar-refractivity contribution in [2.24, 2.45) is 0 Å². The molecule has 0 saturated carbocycles. The van der Waals surface area contributed by atoms with Crippen LogP contribution in [0.2, 0.25) is 0 Å². The molecule has 2 aromatic carbocycles. The van der Waals surface area contributed by atoms with Crippen molar-refractivity contribution in [3.8, 4) is 0 Å². The molecule has 0 unspecified atom stereocenters. The maximum atomic E-state index is 11.0. The van der Waals surface area contributed by atoms with Gasteiger partial charge in [-0.1, -0.05) is 42.5 Å². The van der Waals surface area contributed by atoms with Gasteiger partial charge in [0.2, 0.25) is 0 Å². The molecule has 1 N–H and O–H groups in total. The molecule has 3 heteroatoms. The number of hydrogen-bond acceptors (Lipinski definition) is 1. The fraction of sp³-hybridized carbons (Fsp3) is 0.105. The lowest BCUT2D eigenvalue weighted by atomic mass is 10.1. The Hall–Kier alpha value is -2.81. The lowest BCUT2D eigenvalue weighted by Gasteiger charge is -2.06. The monoisotopic (exact) mass is 291 g/mol. The number of benzene rings is 2. The highest BCUT2D eigenvalue weighted by Crippen LogP contribution is 2.20. The molecule has 1 aromatic heterocycles.